The Morgan fingerprint density at radius 2 is 1.90 bits per heavy atom. The van der Waals surface area contributed by atoms with Gasteiger partial charge in [0.2, 0.25) is 5.95 Å². The lowest BCUT2D eigenvalue weighted by Crippen LogP contribution is -3.16. The van der Waals surface area contributed by atoms with Gasteiger partial charge in [0.1, 0.15) is 5.54 Å². The predicted molar refractivity (Wildman–Crippen MR) is 104 cm³/mol. The number of imide groups is 1. The number of aromatic nitrogens is 2. The minimum atomic E-state index is -0.842. The van der Waals surface area contributed by atoms with Crippen LogP contribution < -0.4 is 20.5 Å². The van der Waals surface area contributed by atoms with Crippen LogP contribution in [0.15, 0.2) is 18.5 Å². The smallest absolute Gasteiger partial charge is 0.330 e. The fraction of sp³-hybridized carbons (Fsp3) is 0.632. The second-order valence-corrected chi connectivity index (χ2v) is 8.33. The van der Waals surface area contributed by atoms with Crippen molar-refractivity contribution in [2.45, 2.75) is 38.1 Å². The molecule has 0 atom stereocenters. The van der Waals surface area contributed by atoms with Crippen LogP contribution in [0.3, 0.4) is 0 Å². The minimum Gasteiger partial charge on any atom is -0.330 e. The largest absolute Gasteiger partial charge is 0.344 e. The molecule has 2 saturated heterocycles. The molecular weight excluding hydrogens is 374 g/mol. The third-order valence-corrected chi connectivity index (χ3v) is 6.24. The number of carbonyl (C=O) groups excluding carboxylic acids is 3. The average Bonchev–Trinajstić information content (AvgIpc) is 2.96. The highest BCUT2D eigenvalue weighted by atomic mass is 16.2. The van der Waals surface area contributed by atoms with Crippen LogP contribution in [0.5, 0.6) is 0 Å². The second kappa shape index (κ2) is 7.94. The van der Waals surface area contributed by atoms with E-state index in [-0.39, 0.29) is 18.4 Å². The van der Waals surface area contributed by atoms with E-state index in [1.807, 2.05) is 0 Å². The van der Waals surface area contributed by atoms with Gasteiger partial charge in [0, 0.05) is 12.4 Å². The number of carbonyl (C=O) groups is 3. The molecule has 3 aliphatic rings. The summed E-state index contributed by atoms with van der Waals surface area (Å²) in [7, 11) is 0. The van der Waals surface area contributed by atoms with Gasteiger partial charge in [0.25, 0.3) is 11.8 Å². The molecule has 3 fully saturated rings. The van der Waals surface area contributed by atoms with Crippen molar-refractivity contribution in [1.82, 2.24) is 25.7 Å². The first-order valence-electron chi connectivity index (χ1n) is 10.3. The third-order valence-electron chi connectivity index (χ3n) is 6.24. The molecule has 4 rings (SSSR count). The number of quaternary nitrogens is 1. The Morgan fingerprint density at radius 3 is 2.55 bits per heavy atom. The lowest BCUT2D eigenvalue weighted by molar-refractivity contribution is -0.892. The monoisotopic (exact) mass is 402 g/mol. The molecule has 10 heteroatoms. The lowest BCUT2D eigenvalue weighted by Gasteiger charge is -2.33. The fourth-order valence-electron chi connectivity index (χ4n) is 4.36. The maximum atomic E-state index is 12.8. The fourth-order valence-corrected chi connectivity index (χ4v) is 4.36. The zero-order valence-corrected chi connectivity index (χ0v) is 16.7. The van der Waals surface area contributed by atoms with Crippen LogP contribution in [-0.2, 0) is 9.59 Å². The van der Waals surface area contributed by atoms with Gasteiger partial charge < -0.3 is 15.1 Å². The van der Waals surface area contributed by atoms with E-state index in [0.717, 1.165) is 48.9 Å². The van der Waals surface area contributed by atoms with Crippen molar-refractivity contribution in [3.8, 4) is 0 Å². The van der Waals surface area contributed by atoms with Crippen molar-refractivity contribution in [1.29, 1.82) is 0 Å². The highest BCUT2D eigenvalue weighted by molar-refractivity contribution is 6.08. The summed E-state index contributed by atoms with van der Waals surface area (Å²) in [4.78, 5) is 49.3. The van der Waals surface area contributed by atoms with Gasteiger partial charge in [-0.1, -0.05) is 6.92 Å². The Kier molecular flexibility index (Phi) is 5.35. The molecule has 1 aromatic heterocycles. The number of hydrogen-bond donors (Lipinski definition) is 3. The van der Waals surface area contributed by atoms with Gasteiger partial charge in [-0.2, -0.15) is 5.01 Å². The number of rotatable bonds is 4. The number of anilines is 1. The maximum Gasteiger partial charge on any atom is 0.344 e. The van der Waals surface area contributed by atoms with E-state index in [9.17, 15) is 14.4 Å². The Bertz CT molecular complexity index is 771. The van der Waals surface area contributed by atoms with Crippen molar-refractivity contribution in [2.75, 3.05) is 37.6 Å². The Labute approximate surface area is 169 Å². The first-order chi connectivity index (χ1) is 14.0. The molecule has 0 radical (unpaired) electrons. The quantitative estimate of drug-likeness (QED) is 0.541. The maximum absolute atomic E-state index is 12.8. The molecule has 3 heterocycles. The van der Waals surface area contributed by atoms with Gasteiger partial charge in [-0.25, -0.2) is 14.8 Å². The molecule has 3 N–H and O–H groups in total. The van der Waals surface area contributed by atoms with Crippen molar-refractivity contribution in [3.05, 3.63) is 18.5 Å². The second-order valence-electron chi connectivity index (χ2n) is 8.33. The van der Waals surface area contributed by atoms with Gasteiger partial charge in [-0.15, -0.1) is 0 Å². The first-order valence-corrected chi connectivity index (χ1v) is 10.3. The topological polar surface area (TPSA) is 112 Å². The summed E-state index contributed by atoms with van der Waals surface area (Å²) >= 11 is 0. The van der Waals surface area contributed by atoms with Crippen molar-refractivity contribution >= 4 is 23.8 Å². The normalized spacial score (nSPS) is 28.0. The van der Waals surface area contributed by atoms with E-state index in [1.165, 1.54) is 0 Å². The zero-order chi connectivity index (χ0) is 20.4. The van der Waals surface area contributed by atoms with Gasteiger partial charge in [-0.3, -0.25) is 15.0 Å². The highest BCUT2D eigenvalue weighted by Gasteiger charge is 2.53. The van der Waals surface area contributed by atoms with Crippen LogP contribution in [0.1, 0.15) is 32.6 Å². The summed E-state index contributed by atoms with van der Waals surface area (Å²) in [5.41, 5.74) is 1.68. The summed E-state index contributed by atoms with van der Waals surface area (Å²) in [6.45, 7) is 5.38. The molecule has 10 nitrogen and oxygen atoms in total. The van der Waals surface area contributed by atoms with Crippen LogP contribution in [0.2, 0.25) is 0 Å². The van der Waals surface area contributed by atoms with Crippen LogP contribution in [-0.4, -0.2) is 71.1 Å². The van der Waals surface area contributed by atoms with Crippen molar-refractivity contribution < 1.29 is 19.3 Å². The predicted octanol–water partition coefficient (Wildman–Crippen LogP) is -1.29. The number of hydrazine groups is 1. The highest BCUT2D eigenvalue weighted by Crippen LogP contribution is 2.35. The number of amides is 4. The van der Waals surface area contributed by atoms with Crippen LogP contribution in [0.4, 0.5) is 10.7 Å². The molecule has 0 bridgehead atoms. The Hall–Kier alpha value is -2.75. The van der Waals surface area contributed by atoms with Gasteiger partial charge in [0.05, 0.1) is 26.2 Å². The molecule has 4 amide bonds. The van der Waals surface area contributed by atoms with Crippen molar-refractivity contribution in [2.24, 2.45) is 5.92 Å². The van der Waals surface area contributed by atoms with E-state index < -0.39 is 11.6 Å². The van der Waals surface area contributed by atoms with E-state index >= 15 is 0 Å². The Balaban J connectivity index is 1.28. The number of piperazine rings is 1. The molecule has 2 aliphatic heterocycles. The Morgan fingerprint density at radius 1 is 1.24 bits per heavy atom. The summed E-state index contributed by atoms with van der Waals surface area (Å²) < 4.78 is 0. The minimum absolute atomic E-state index is 0.213. The number of hydrogen-bond acceptors (Lipinski definition) is 6. The number of nitrogens with zero attached hydrogens (tertiary/aromatic N) is 4. The summed E-state index contributed by atoms with van der Waals surface area (Å²) in [5.74, 6) is 0.595. The molecule has 0 unspecified atom stereocenters. The van der Waals surface area contributed by atoms with Gasteiger partial charge >= 0.3 is 6.03 Å². The molecule has 1 spiro atoms. The van der Waals surface area contributed by atoms with E-state index in [1.54, 1.807) is 18.5 Å². The van der Waals surface area contributed by atoms with E-state index in [0.29, 0.717) is 24.7 Å². The zero-order valence-electron chi connectivity index (χ0n) is 16.7. The average molecular weight is 402 g/mol. The summed E-state index contributed by atoms with van der Waals surface area (Å²) in [6.07, 6.45) is 6.47. The molecule has 29 heavy (non-hydrogen) atoms. The van der Waals surface area contributed by atoms with Gasteiger partial charge in [0.15, 0.2) is 6.54 Å². The van der Waals surface area contributed by atoms with Crippen molar-refractivity contribution in [3.63, 3.8) is 0 Å². The first kappa shape index (κ1) is 19.6. The standard InChI is InChI=1S/C19H27N7O3/c1-14-3-5-19(6-4-14)16(28)26(18(29)22-19)23-15(27)13-24-9-11-25(12-10-24)17-20-7-2-8-21-17/h2,7-8,14H,3-6,9-13H2,1H3,(H,22,29)(H,23,27)/p+1. The number of nitrogens with one attached hydrogen (secondary N) is 3. The molecule has 0 aromatic carbocycles. The number of urea groups is 1. The molecule has 1 aliphatic carbocycles. The molecule has 1 saturated carbocycles. The van der Waals surface area contributed by atoms with Gasteiger partial charge in [-0.05, 0) is 37.7 Å². The van der Waals surface area contributed by atoms with Crippen LogP contribution in [0.25, 0.3) is 0 Å². The van der Waals surface area contributed by atoms with E-state index in [2.05, 4.69) is 32.5 Å². The lowest BCUT2D eigenvalue weighted by atomic mass is 9.77. The molecule has 156 valence electrons. The molecule has 1 aromatic rings. The van der Waals surface area contributed by atoms with Crippen LogP contribution >= 0.6 is 0 Å². The SMILES string of the molecule is CC1CCC2(CC1)NC(=O)N(NC(=O)C[NH+]1CCN(c3ncccn3)CC1)C2=O. The van der Waals surface area contributed by atoms with Crippen LogP contribution in [0, 0.1) is 5.92 Å². The third kappa shape index (κ3) is 4.02. The molecular formula is C19H28N7O3+. The van der Waals surface area contributed by atoms with E-state index in [4.69, 9.17) is 0 Å². The summed E-state index contributed by atoms with van der Waals surface area (Å²) in [5, 5.41) is 3.70. The summed E-state index contributed by atoms with van der Waals surface area (Å²) in [6, 6.07) is 1.25.